The van der Waals surface area contributed by atoms with Crippen LogP contribution in [0.25, 0.3) is 32.8 Å². The molecule has 2 aromatic carbocycles. The van der Waals surface area contributed by atoms with Gasteiger partial charge in [-0.05, 0) is 36.1 Å². The number of aromatic nitrogens is 3. The van der Waals surface area contributed by atoms with Crippen LogP contribution in [0, 0.1) is 0 Å². The summed E-state index contributed by atoms with van der Waals surface area (Å²) < 4.78 is 6.55. The maximum Gasteiger partial charge on any atom is 0.339 e. The number of nitrogens with zero attached hydrogens (tertiary/aromatic N) is 3. The number of aliphatic hydroxyl groups excluding tert-OH is 1. The molecule has 0 fully saturated rings. The fourth-order valence-electron chi connectivity index (χ4n) is 3.28. The molecule has 0 saturated heterocycles. The van der Waals surface area contributed by atoms with Gasteiger partial charge in [-0.15, -0.1) is 0 Å². The lowest BCUT2D eigenvalue weighted by Gasteiger charge is -2.10. The van der Waals surface area contributed by atoms with Crippen molar-refractivity contribution in [3.05, 3.63) is 70.8 Å². The van der Waals surface area contributed by atoms with Crippen LogP contribution in [-0.4, -0.2) is 32.4 Å². The largest absolute Gasteiger partial charge is 0.464 e. The number of benzene rings is 1. The molecule has 0 radical (unpaired) electrons. The monoisotopic (exact) mass is 389 g/mol. The molecule has 29 heavy (non-hydrogen) atoms. The smallest absolute Gasteiger partial charge is 0.339 e. The third kappa shape index (κ3) is 3.48. The predicted octanol–water partition coefficient (Wildman–Crippen LogP) is 2.75. The summed E-state index contributed by atoms with van der Waals surface area (Å²) in [6.45, 7) is 1.83. The number of rotatable bonds is 4. The molecule has 4 rings (SSSR count). The van der Waals surface area contributed by atoms with Crippen LogP contribution in [0.5, 0.6) is 0 Å². The lowest BCUT2D eigenvalue weighted by Crippen LogP contribution is -2.15. The summed E-state index contributed by atoms with van der Waals surface area (Å²) in [6.07, 6.45) is 3.82. The van der Waals surface area contributed by atoms with Gasteiger partial charge >= 0.3 is 5.97 Å². The molecule has 0 aliphatic rings. The zero-order valence-electron chi connectivity index (χ0n) is 16.0. The molecular formula is C22H19N3O4. The number of carbonyl (C=O) groups excluding carboxylic acids is 1. The van der Waals surface area contributed by atoms with Crippen LogP contribution in [0.15, 0.2) is 59.8 Å². The Hall–Kier alpha value is -3.58. The Morgan fingerprint density at radius 2 is 1.93 bits per heavy atom. The molecule has 7 nitrogen and oxygen atoms in total. The van der Waals surface area contributed by atoms with Crippen LogP contribution < -0.4 is 5.43 Å². The molecule has 7 heteroatoms. The molecule has 0 bridgehead atoms. The van der Waals surface area contributed by atoms with E-state index in [1.807, 2.05) is 13.2 Å². The summed E-state index contributed by atoms with van der Waals surface area (Å²) in [7, 11) is 1.82. The first-order valence-corrected chi connectivity index (χ1v) is 9.18. The highest BCUT2D eigenvalue weighted by Crippen LogP contribution is 2.23. The molecule has 2 heterocycles. The van der Waals surface area contributed by atoms with Gasteiger partial charge in [-0.25, -0.2) is 4.79 Å². The molecule has 2 aromatic heterocycles. The van der Waals surface area contributed by atoms with Gasteiger partial charge in [0.15, 0.2) is 11.5 Å². The number of pyridine rings is 1. The van der Waals surface area contributed by atoms with Gasteiger partial charge in [0, 0.05) is 41.3 Å². The van der Waals surface area contributed by atoms with Crippen molar-refractivity contribution in [1.82, 2.24) is 14.8 Å². The third-order valence-corrected chi connectivity index (χ3v) is 4.77. The van der Waals surface area contributed by atoms with Crippen LogP contribution in [-0.2, 0) is 16.6 Å². The highest BCUT2D eigenvalue weighted by molar-refractivity contribution is 5.94. The summed E-state index contributed by atoms with van der Waals surface area (Å²) in [5, 5.41) is 15.9. The summed E-state index contributed by atoms with van der Waals surface area (Å²) in [5.41, 5.74) is 2.28. The lowest BCUT2D eigenvalue weighted by molar-refractivity contribution is -0.153. The molecule has 146 valence electrons. The highest BCUT2D eigenvalue weighted by Gasteiger charge is 2.19. The SMILES string of the molecule is CCOC(=O)C(O)c1ccc2ccc3ncc(-c4cnn(C)c4)cc3c(=O)c2c1. The number of carbonyl (C=O) groups is 1. The third-order valence-electron chi connectivity index (χ3n) is 4.77. The van der Waals surface area contributed by atoms with Crippen molar-refractivity contribution >= 4 is 27.6 Å². The zero-order chi connectivity index (χ0) is 20.5. The van der Waals surface area contributed by atoms with Crippen molar-refractivity contribution in [2.75, 3.05) is 6.61 Å². The van der Waals surface area contributed by atoms with Crippen LogP contribution in [0.1, 0.15) is 18.6 Å². The van der Waals surface area contributed by atoms with Gasteiger partial charge in [0.1, 0.15) is 0 Å². The minimum atomic E-state index is -1.44. The fourth-order valence-corrected chi connectivity index (χ4v) is 3.28. The number of hydrogen-bond donors (Lipinski definition) is 1. The quantitative estimate of drug-likeness (QED) is 0.540. The Balaban J connectivity index is 1.91. The van der Waals surface area contributed by atoms with E-state index in [1.165, 1.54) is 6.07 Å². The minimum absolute atomic E-state index is 0.165. The fraction of sp³-hybridized carbons (Fsp3) is 0.182. The Morgan fingerprint density at radius 3 is 2.66 bits per heavy atom. The van der Waals surface area contributed by atoms with E-state index in [2.05, 4.69) is 10.1 Å². The van der Waals surface area contributed by atoms with Gasteiger partial charge < -0.3 is 9.84 Å². The maximum absolute atomic E-state index is 13.3. The van der Waals surface area contributed by atoms with Gasteiger partial charge in [0.25, 0.3) is 0 Å². The van der Waals surface area contributed by atoms with Crippen molar-refractivity contribution in [2.24, 2.45) is 7.05 Å². The van der Waals surface area contributed by atoms with Crippen LogP contribution in [0.3, 0.4) is 0 Å². The van der Waals surface area contributed by atoms with Gasteiger partial charge in [0.2, 0.25) is 0 Å². The molecule has 0 aliphatic carbocycles. The van der Waals surface area contributed by atoms with E-state index in [1.54, 1.807) is 54.3 Å². The molecule has 1 N–H and O–H groups in total. The van der Waals surface area contributed by atoms with Gasteiger partial charge in [0.05, 0.1) is 18.3 Å². The first-order chi connectivity index (χ1) is 14.0. The minimum Gasteiger partial charge on any atom is -0.464 e. The van der Waals surface area contributed by atoms with E-state index in [-0.39, 0.29) is 12.0 Å². The maximum atomic E-state index is 13.3. The molecule has 0 amide bonds. The van der Waals surface area contributed by atoms with Crippen LogP contribution in [0.4, 0.5) is 0 Å². The Kier molecular flexibility index (Phi) is 4.82. The number of esters is 1. The second-order valence-electron chi connectivity index (χ2n) is 6.72. The predicted molar refractivity (Wildman–Crippen MR) is 109 cm³/mol. The van der Waals surface area contributed by atoms with Crippen LogP contribution in [0.2, 0.25) is 0 Å². The van der Waals surface area contributed by atoms with Crippen LogP contribution >= 0.6 is 0 Å². The first kappa shape index (κ1) is 18.8. The second kappa shape index (κ2) is 7.44. The molecule has 0 saturated carbocycles. The molecule has 1 atom stereocenters. The van der Waals surface area contributed by atoms with E-state index in [0.717, 1.165) is 11.1 Å². The van der Waals surface area contributed by atoms with Gasteiger partial charge in [-0.1, -0.05) is 18.2 Å². The van der Waals surface area contributed by atoms with E-state index in [4.69, 9.17) is 4.74 Å². The van der Waals surface area contributed by atoms with E-state index in [9.17, 15) is 14.7 Å². The topological polar surface area (TPSA) is 94.3 Å². The van der Waals surface area contributed by atoms with Crippen molar-refractivity contribution in [3.8, 4) is 11.1 Å². The Bertz CT molecular complexity index is 1300. The normalized spacial score (nSPS) is 12.2. The average molecular weight is 389 g/mol. The van der Waals surface area contributed by atoms with E-state index >= 15 is 0 Å². The van der Waals surface area contributed by atoms with Crippen molar-refractivity contribution in [1.29, 1.82) is 0 Å². The summed E-state index contributed by atoms with van der Waals surface area (Å²) in [5.74, 6) is -0.745. The van der Waals surface area contributed by atoms with Gasteiger partial charge in [-0.3, -0.25) is 14.5 Å². The highest BCUT2D eigenvalue weighted by atomic mass is 16.5. The number of ether oxygens (including phenoxy) is 1. The number of fused-ring (bicyclic) bond motifs is 2. The van der Waals surface area contributed by atoms with Gasteiger partial charge in [-0.2, -0.15) is 5.10 Å². The number of hydrogen-bond acceptors (Lipinski definition) is 6. The first-order valence-electron chi connectivity index (χ1n) is 9.18. The Morgan fingerprint density at radius 1 is 1.14 bits per heavy atom. The van der Waals surface area contributed by atoms with E-state index < -0.39 is 12.1 Å². The Labute approximate surface area is 166 Å². The summed E-state index contributed by atoms with van der Waals surface area (Å²) in [6, 6.07) is 10.2. The zero-order valence-corrected chi connectivity index (χ0v) is 16.0. The molecule has 0 aliphatic heterocycles. The number of aryl methyl sites for hydroxylation is 1. The van der Waals surface area contributed by atoms with Crippen molar-refractivity contribution in [2.45, 2.75) is 13.0 Å². The molecule has 4 aromatic rings. The average Bonchev–Trinajstić information content (AvgIpc) is 3.11. The second-order valence-corrected chi connectivity index (χ2v) is 6.72. The van der Waals surface area contributed by atoms with E-state index in [0.29, 0.717) is 27.2 Å². The number of aliphatic hydroxyl groups is 1. The molecule has 0 spiro atoms. The standard InChI is InChI=1S/C22H19N3O4/c1-3-29-22(28)20(26)14-5-4-13-6-7-19-18(21(27)17(13)8-14)9-15(10-23-19)16-11-24-25(2)12-16/h4-12,20,26H,3H2,1-2H3. The summed E-state index contributed by atoms with van der Waals surface area (Å²) in [4.78, 5) is 29.6. The van der Waals surface area contributed by atoms with Crippen molar-refractivity contribution < 1.29 is 14.6 Å². The molecular weight excluding hydrogens is 370 g/mol. The lowest BCUT2D eigenvalue weighted by atomic mass is 10.0. The summed E-state index contributed by atoms with van der Waals surface area (Å²) >= 11 is 0. The van der Waals surface area contributed by atoms with Crippen molar-refractivity contribution in [3.63, 3.8) is 0 Å². The molecule has 1 unspecified atom stereocenters.